The van der Waals surface area contributed by atoms with Gasteiger partial charge in [-0.25, -0.2) is 4.98 Å². The molecule has 1 N–H and O–H groups in total. The molecule has 1 atom stereocenters. The first-order valence-electron chi connectivity index (χ1n) is 7.19. The van der Waals surface area contributed by atoms with Crippen molar-refractivity contribution in [3.05, 3.63) is 59.8 Å². The van der Waals surface area contributed by atoms with Crippen LogP contribution < -0.4 is 5.32 Å². The number of rotatable bonds is 4. The Morgan fingerprint density at radius 3 is 2.81 bits per heavy atom. The van der Waals surface area contributed by atoms with E-state index < -0.39 is 0 Å². The molecular weight excluding hydrogens is 260 g/mol. The first-order valence-corrected chi connectivity index (χ1v) is 7.19. The zero-order valence-electron chi connectivity index (χ0n) is 12.7. The van der Waals surface area contributed by atoms with E-state index in [1.807, 2.05) is 39.5 Å². The standard InChI is InChI=1S/C17H20N4/c1-12-10-14(13-6-4-5-7-15(13)20-12)16(18-2)11-17-19-8-9-21(17)3/h4-10,16,18H,11H2,1-3H3. The average Bonchev–Trinajstić information content (AvgIpc) is 2.89. The van der Waals surface area contributed by atoms with Crippen molar-refractivity contribution in [3.63, 3.8) is 0 Å². The molecule has 1 unspecified atom stereocenters. The van der Waals surface area contributed by atoms with Crippen LogP contribution in [0.3, 0.4) is 0 Å². The number of fused-ring (bicyclic) bond motifs is 1. The van der Waals surface area contributed by atoms with E-state index in [2.05, 4.69) is 44.1 Å². The number of pyridine rings is 1. The minimum Gasteiger partial charge on any atom is -0.338 e. The molecule has 0 saturated carbocycles. The van der Waals surface area contributed by atoms with Crippen molar-refractivity contribution in [2.75, 3.05) is 7.05 Å². The highest BCUT2D eigenvalue weighted by Crippen LogP contribution is 2.26. The molecule has 0 radical (unpaired) electrons. The monoisotopic (exact) mass is 280 g/mol. The molecule has 0 saturated heterocycles. The van der Waals surface area contributed by atoms with E-state index in [4.69, 9.17) is 0 Å². The number of hydrogen-bond donors (Lipinski definition) is 1. The van der Waals surface area contributed by atoms with Crippen LogP contribution in [0.1, 0.15) is 23.1 Å². The van der Waals surface area contributed by atoms with Crippen molar-refractivity contribution < 1.29 is 0 Å². The Hall–Kier alpha value is -2.20. The third kappa shape index (κ3) is 2.67. The van der Waals surface area contributed by atoms with Crippen LogP contribution in [0.25, 0.3) is 10.9 Å². The Morgan fingerprint density at radius 2 is 2.10 bits per heavy atom. The maximum Gasteiger partial charge on any atom is 0.110 e. The fourth-order valence-corrected chi connectivity index (χ4v) is 2.77. The third-order valence-corrected chi connectivity index (χ3v) is 3.91. The Morgan fingerprint density at radius 1 is 1.29 bits per heavy atom. The van der Waals surface area contributed by atoms with Gasteiger partial charge in [-0.2, -0.15) is 0 Å². The first-order chi connectivity index (χ1) is 10.2. The summed E-state index contributed by atoms with van der Waals surface area (Å²) in [6.07, 6.45) is 4.68. The van der Waals surface area contributed by atoms with Gasteiger partial charge in [-0.05, 0) is 31.7 Å². The van der Waals surface area contributed by atoms with E-state index in [1.54, 1.807) is 0 Å². The lowest BCUT2D eigenvalue weighted by Gasteiger charge is -2.19. The van der Waals surface area contributed by atoms with Crippen LogP contribution in [0.4, 0.5) is 0 Å². The zero-order valence-corrected chi connectivity index (χ0v) is 12.7. The van der Waals surface area contributed by atoms with Crippen molar-refractivity contribution in [3.8, 4) is 0 Å². The van der Waals surface area contributed by atoms with Gasteiger partial charge < -0.3 is 9.88 Å². The van der Waals surface area contributed by atoms with Gasteiger partial charge in [0.15, 0.2) is 0 Å². The Balaban J connectivity index is 2.06. The van der Waals surface area contributed by atoms with Crippen molar-refractivity contribution in [2.45, 2.75) is 19.4 Å². The number of benzene rings is 1. The summed E-state index contributed by atoms with van der Waals surface area (Å²) in [6.45, 7) is 2.05. The maximum atomic E-state index is 4.62. The van der Waals surface area contributed by atoms with Gasteiger partial charge in [-0.1, -0.05) is 18.2 Å². The molecule has 3 rings (SSSR count). The lowest BCUT2D eigenvalue weighted by atomic mass is 9.98. The number of likely N-dealkylation sites (N-methyl/N-ethyl adjacent to an activating group) is 1. The summed E-state index contributed by atoms with van der Waals surface area (Å²) in [5.74, 6) is 1.08. The number of nitrogens with one attached hydrogen (secondary N) is 1. The van der Waals surface area contributed by atoms with Gasteiger partial charge in [0.1, 0.15) is 5.82 Å². The highest BCUT2D eigenvalue weighted by Gasteiger charge is 2.16. The number of imidazole rings is 1. The predicted molar refractivity (Wildman–Crippen MR) is 85.2 cm³/mol. The van der Waals surface area contributed by atoms with Gasteiger partial charge in [0.05, 0.1) is 5.52 Å². The van der Waals surface area contributed by atoms with Gasteiger partial charge in [0.25, 0.3) is 0 Å². The van der Waals surface area contributed by atoms with Crippen LogP contribution >= 0.6 is 0 Å². The maximum absolute atomic E-state index is 4.62. The lowest BCUT2D eigenvalue weighted by Crippen LogP contribution is -2.21. The topological polar surface area (TPSA) is 42.7 Å². The van der Waals surface area contributed by atoms with Crippen LogP contribution in [0.2, 0.25) is 0 Å². The highest BCUT2D eigenvalue weighted by atomic mass is 15.0. The number of para-hydroxylation sites is 1. The first kappa shape index (κ1) is 13.8. The van der Waals surface area contributed by atoms with Crippen molar-refractivity contribution in [1.29, 1.82) is 0 Å². The summed E-state index contributed by atoms with van der Waals surface area (Å²) in [7, 11) is 4.03. The van der Waals surface area contributed by atoms with E-state index in [9.17, 15) is 0 Å². The second-order valence-corrected chi connectivity index (χ2v) is 5.37. The molecule has 0 fully saturated rings. The van der Waals surface area contributed by atoms with E-state index in [0.29, 0.717) is 0 Å². The summed E-state index contributed by atoms with van der Waals surface area (Å²) in [5.41, 5.74) is 3.37. The lowest BCUT2D eigenvalue weighted by molar-refractivity contribution is 0.566. The van der Waals surface area contributed by atoms with Gasteiger partial charge in [0, 0.05) is 43.0 Å². The van der Waals surface area contributed by atoms with Crippen molar-refractivity contribution in [2.24, 2.45) is 7.05 Å². The number of aryl methyl sites for hydroxylation is 2. The molecule has 4 nitrogen and oxygen atoms in total. The molecule has 0 aliphatic heterocycles. The van der Waals surface area contributed by atoms with Crippen molar-refractivity contribution in [1.82, 2.24) is 19.9 Å². The van der Waals surface area contributed by atoms with Crippen LogP contribution in [-0.2, 0) is 13.5 Å². The van der Waals surface area contributed by atoms with Crippen LogP contribution in [0, 0.1) is 6.92 Å². The molecule has 0 aliphatic carbocycles. The van der Waals surface area contributed by atoms with Gasteiger partial charge in [0.2, 0.25) is 0 Å². The largest absolute Gasteiger partial charge is 0.338 e. The fourth-order valence-electron chi connectivity index (χ4n) is 2.77. The molecule has 2 heterocycles. The summed E-state index contributed by atoms with van der Waals surface area (Å²) < 4.78 is 2.07. The van der Waals surface area contributed by atoms with Crippen LogP contribution in [-0.4, -0.2) is 21.6 Å². The summed E-state index contributed by atoms with van der Waals surface area (Å²) >= 11 is 0. The van der Waals surface area contributed by atoms with E-state index in [-0.39, 0.29) is 6.04 Å². The van der Waals surface area contributed by atoms with Crippen LogP contribution in [0.15, 0.2) is 42.7 Å². The Bertz CT molecular complexity index is 760. The molecule has 108 valence electrons. The third-order valence-electron chi connectivity index (χ3n) is 3.91. The molecule has 0 spiro atoms. The number of aromatic nitrogens is 3. The molecule has 4 heteroatoms. The van der Waals surface area contributed by atoms with E-state index in [1.165, 1.54) is 10.9 Å². The quantitative estimate of drug-likeness (QED) is 0.799. The molecule has 3 aromatic rings. The SMILES string of the molecule is CNC(Cc1nccn1C)c1cc(C)nc2ccccc12. The summed E-state index contributed by atoms with van der Waals surface area (Å²) in [5, 5.41) is 4.63. The molecule has 0 bridgehead atoms. The normalized spacial score (nSPS) is 12.7. The fraction of sp³-hybridized carbons (Fsp3) is 0.294. The van der Waals surface area contributed by atoms with Gasteiger partial charge in [-0.3, -0.25) is 4.98 Å². The predicted octanol–water partition coefficient (Wildman–Crippen LogP) is 2.78. The molecule has 0 aliphatic rings. The molecule has 2 aromatic heterocycles. The number of nitrogens with zero attached hydrogens (tertiary/aromatic N) is 3. The summed E-state index contributed by atoms with van der Waals surface area (Å²) in [4.78, 5) is 9.06. The minimum absolute atomic E-state index is 0.220. The highest BCUT2D eigenvalue weighted by molar-refractivity contribution is 5.82. The smallest absolute Gasteiger partial charge is 0.110 e. The second kappa shape index (κ2) is 5.66. The van der Waals surface area contributed by atoms with Crippen LogP contribution in [0.5, 0.6) is 0 Å². The molecule has 21 heavy (non-hydrogen) atoms. The average molecular weight is 280 g/mol. The minimum atomic E-state index is 0.220. The zero-order chi connectivity index (χ0) is 14.8. The Labute approximate surface area is 124 Å². The van der Waals surface area contributed by atoms with E-state index in [0.717, 1.165) is 23.5 Å². The molecule has 1 aromatic carbocycles. The van der Waals surface area contributed by atoms with Gasteiger partial charge >= 0.3 is 0 Å². The number of hydrogen-bond acceptors (Lipinski definition) is 3. The Kier molecular flexibility index (Phi) is 3.71. The summed E-state index contributed by atoms with van der Waals surface area (Å²) in [6, 6.07) is 10.7. The van der Waals surface area contributed by atoms with Gasteiger partial charge in [-0.15, -0.1) is 0 Å². The van der Waals surface area contributed by atoms with Crippen molar-refractivity contribution >= 4 is 10.9 Å². The molecule has 0 amide bonds. The molecular formula is C17H20N4. The van der Waals surface area contributed by atoms with E-state index >= 15 is 0 Å². The second-order valence-electron chi connectivity index (χ2n) is 5.37.